The third-order valence-corrected chi connectivity index (χ3v) is 6.68. The molecule has 21 heavy (non-hydrogen) atoms. The summed E-state index contributed by atoms with van der Waals surface area (Å²) in [6.07, 6.45) is 3.80. The second-order valence-electron chi connectivity index (χ2n) is 7.59. The van der Waals surface area contributed by atoms with Crippen molar-refractivity contribution < 1.29 is 15.3 Å². The molecule has 0 radical (unpaired) electrons. The first-order chi connectivity index (χ1) is 10.0. The molecule has 2 fully saturated rings. The molecular formula is C18H24O3. The van der Waals surface area contributed by atoms with Crippen LogP contribution >= 0.6 is 0 Å². The molecule has 3 heteroatoms. The van der Waals surface area contributed by atoms with Crippen molar-refractivity contribution in [2.24, 2.45) is 17.3 Å². The van der Waals surface area contributed by atoms with E-state index in [1.165, 1.54) is 11.1 Å². The van der Waals surface area contributed by atoms with Crippen molar-refractivity contribution in [1.29, 1.82) is 0 Å². The van der Waals surface area contributed by atoms with Gasteiger partial charge in [0.25, 0.3) is 0 Å². The van der Waals surface area contributed by atoms with Gasteiger partial charge in [0.15, 0.2) is 0 Å². The van der Waals surface area contributed by atoms with E-state index in [1.54, 1.807) is 6.07 Å². The van der Waals surface area contributed by atoms with E-state index in [2.05, 4.69) is 13.0 Å². The number of hydrogen-bond donors (Lipinski definition) is 3. The highest BCUT2D eigenvalue weighted by atomic mass is 16.3. The number of phenols is 1. The van der Waals surface area contributed by atoms with E-state index in [9.17, 15) is 15.3 Å². The lowest BCUT2D eigenvalue weighted by Gasteiger charge is -2.49. The predicted octanol–water partition coefficient (Wildman–Crippen LogP) is 2.58. The Kier molecular flexibility index (Phi) is 2.89. The fourth-order valence-electron chi connectivity index (χ4n) is 5.56. The minimum atomic E-state index is -0.565. The number of aliphatic hydroxyl groups is 2. The molecule has 0 bridgehead atoms. The SMILES string of the molecule is C[C@]12CC[C@H]3c4ccc(O)cc4CC[C@@H]3[C@H]1C[C@@H](O)[C@H]2O. The Morgan fingerprint density at radius 3 is 2.81 bits per heavy atom. The monoisotopic (exact) mass is 288 g/mol. The van der Waals surface area contributed by atoms with Gasteiger partial charge in [0, 0.05) is 0 Å². The molecule has 114 valence electrons. The highest BCUT2D eigenvalue weighted by molar-refractivity contribution is 5.40. The highest BCUT2D eigenvalue weighted by Gasteiger charge is 2.57. The van der Waals surface area contributed by atoms with Crippen molar-refractivity contribution in [1.82, 2.24) is 0 Å². The smallest absolute Gasteiger partial charge is 0.115 e. The summed E-state index contributed by atoms with van der Waals surface area (Å²) in [7, 11) is 0. The van der Waals surface area contributed by atoms with Crippen molar-refractivity contribution in [2.75, 3.05) is 0 Å². The molecule has 4 rings (SSSR count). The van der Waals surface area contributed by atoms with E-state index in [0.717, 1.165) is 32.1 Å². The first-order valence-corrected chi connectivity index (χ1v) is 8.18. The van der Waals surface area contributed by atoms with Crippen LogP contribution in [0.3, 0.4) is 0 Å². The Morgan fingerprint density at radius 1 is 1.19 bits per heavy atom. The predicted molar refractivity (Wildman–Crippen MR) is 80.1 cm³/mol. The molecule has 1 aromatic rings. The molecule has 0 unspecified atom stereocenters. The van der Waals surface area contributed by atoms with Gasteiger partial charge in [-0.2, -0.15) is 0 Å². The zero-order chi connectivity index (χ0) is 14.8. The fraction of sp³-hybridized carbons (Fsp3) is 0.667. The normalized spacial score (nSPS) is 44.8. The maximum atomic E-state index is 10.4. The maximum absolute atomic E-state index is 10.4. The second-order valence-corrected chi connectivity index (χ2v) is 7.59. The van der Waals surface area contributed by atoms with Crippen LogP contribution in [-0.4, -0.2) is 27.5 Å². The Hall–Kier alpha value is -1.06. The summed E-state index contributed by atoms with van der Waals surface area (Å²) >= 11 is 0. The van der Waals surface area contributed by atoms with E-state index < -0.39 is 12.2 Å². The molecule has 0 amide bonds. The number of phenolic OH excluding ortho intramolecular Hbond substituents is 1. The van der Waals surface area contributed by atoms with Gasteiger partial charge in [-0.15, -0.1) is 0 Å². The van der Waals surface area contributed by atoms with Crippen LogP contribution < -0.4 is 0 Å². The van der Waals surface area contributed by atoms with E-state index in [0.29, 0.717) is 23.5 Å². The Balaban J connectivity index is 1.71. The molecule has 1 aromatic carbocycles. The minimum absolute atomic E-state index is 0.116. The average Bonchev–Trinajstić information content (AvgIpc) is 2.70. The van der Waals surface area contributed by atoms with E-state index in [1.807, 2.05) is 6.07 Å². The molecule has 3 N–H and O–H groups in total. The summed E-state index contributed by atoms with van der Waals surface area (Å²) in [5.41, 5.74) is 2.57. The van der Waals surface area contributed by atoms with Gasteiger partial charge in [0.05, 0.1) is 12.2 Å². The number of hydrogen-bond acceptors (Lipinski definition) is 3. The van der Waals surface area contributed by atoms with Gasteiger partial charge in [-0.25, -0.2) is 0 Å². The molecule has 6 atom stereocenters. The summed E-state index contributed by atoms with van der Waals surface area (Å²) in [5, 5.41) is 30.2. The number of aliphatic hydroxyl groups excluding tert-OH is 2. The Labute approximate surface area is 125 Å². The minimum Gasteiger partial charge on any atom is -0.508 e. The van der Waals surface area contributed by atoms with Crippen LogP contribution in [0.15, 0.2) is 18.2 Å². The van der Waals surface area contributed by atoms with Crippen molar-refractivity contribution in [3.63, 3.8) is 0 Å². The summed E-state index contributed by atoms with van der Waals surface area (Å²) in [4.78, 5) is 0. The molecule has 0 aromatic heterocycles. The third kappa shape index (κ3) is 1.80. The molecular weight excluding hydrogens is 264 g/mol. The molecule has 3 aliphatic carbocycles. The Morgan fingerprint density at radius 2 is 2.00 bits per heavy atom. The van der Waals surface area contributed by atoms with Crippen molar-refractivity contribution in [3.05, 3.63) is 29.3 Å². The molecule has 0 spiro atoms. The van der Waals surface area contributed by atoms with Crippen molar-refractivity contribution in [2.45, 2.75) is 57.2 Å². The number of benzene rings is 1. The Bertz CT molecular complexity index is 570. The van der Waals surface area contributed by atoms with Gasteiger partial charge in [0.1, 0.15) is 5.75 Å². The van der Waals surface area contributed by atoms with Crippen LogP contribution in [-0.2, 0) is 6.42 Å². The van der Waals surface area contributed by atoms with Gasteiger partial charge < -0.3 is 15.3 Å². The molecule has 2 saturated carbocycles. The number of aromatic hydroxyl groups is 1. The maximum Gasteiger partial charge on any atom is 0.115 e. The highest BCUT2D eigenvalue weighted by Crippen LogP contribution is 2.60. The first-order valence-electron chi connectivity index (χ1n) is 8.18. The van der Waals surface area contributed by atoms with E-state index in [4.69, 9.17) is 0 Å². The largest absolute Gasteiger partial charge is 0.508 e. The quantitative estimate of drug-likeness (QED) is 0.687. The molecule has 0 heterocycles. The summed E-state index contributed by atoms with van der Waals surface area (Å²) in [6.45, 7) is 2.17. The van der Waals surface area contributed by atoms with Crippen LogP contribution in [0.1, 0.15) is 49.7 Å². The van der Waals surface area contributed by atoms with E-state index in [-0.39, 0.29) is 5.41 Å². The van der Waals surface area contributed by atoms with Gasteiger partial charge in [-0.3, -0.25) is 0 Å². The third-order valence-electron chi connectivity index (χ3n) is 6.68. The van der Waals surface area contributed by atoms with Crippen molar-refractivity contribution in [3.8, 4) is 5.75 Å². The van der Waals surface area contributed by atoms with Crippen LogP contribution in [0.5, 0.6) is 5.75 Å². The van der Waals surface area contributed by atoms with Crippen LogP contribution in [0, 0.1) is 17.3 Å². The zero-order valence-corrected chi connectivity index (χ0v) is 12.5. The topological polar surface area (TPSA) is 60.7 Å². The lowest BCUT2D eigenvalue weighted by molar-refractivity contribution is -0.0505. The fourth-order valence-corrected chi connectivity index (χ4v) is 5.56. The number of fused-ring (bicyclic) bond motifs is 5. The molecule has 3 aliphatic rings. The number of rotatable bonds is 0. The van der Waals surface area contributed by atoms with Gasteiger partial charge in [-0.1, -0.05) is 13.0 Å². The lowest BCUT2D eigenvalue weighted by atomic mass is 9.55. The van der Waals surface area contributed by atoms with Crippen LogP contribution in [0.25, 0.3) is 0 Å². The first kappa shape index (κ1) is 13.6. The number of aryl methyl sites for hydroxylation is 1. The second kappa shape index (κ2) is 4.47. The molecule has 3 nitrogen and oxygen atoms in total. The summed E-state index contributed by atoms with van der Waals surface area (Å²) < 4.78 is 0. The van der Waals surface area contributed by atoms with Crippen LogP contribution in [0.4, 0.5) is 0 Å². The summed E-state index contributed by atoms with van der Waals surface area (Å²) in [5.74, 6) is 1.88. The lowest BCUT2D eigenvalue weighted by Crippen LogP contribution is -2.44. The standard InChI is InChI=1S/C18H24O3/c1-18-7-6-13-12-5-3-11(19)8-10(12)2-4-14(13)15(18)9-16(20)17(18)21/h3,5,8,13-17,19-21H,2,4,6-7,9H2,1H3/t13-,14-,15+,16+,17+,18-/m0/s1. The van der Waals surface area contributed by atoms with Crippen LogP contribution in [0.2, 0.25) is 0 Å². The molecule has 0 aliphatic heterocycles. The summed E-state index contributed by atoms with van der Waals surface area (Å²) in [6, 6.07) is 5.80. The molecule has 0 saturated heterocycles. The van der Waals surface area contributed by atoms with Crippen molar-refractivity contribution >= 4 is 0 Å². The zero-order valence-electron chi connectivity index (χ0n) is 12.5. The van der Waals surface area contributed by atoms with Gasteiger partial charge in [-0.05, 0) is 78.5 Å². The van der Waals surface area contributed by atoms with E-state index >= 15 is 0 Å². The van der Waals surface area contributed by atoms with Gasteiger partial charge >= 0.3 is 0 Å². The average molecular weight is 288 g/mol. The van der Waals surface area contributed by atoms with Gasteiger partial charge in [0.2, 0.25) is 0 Å².